The molecule has 2 rings (SSSR count). The van der Waals surface area contributed by atoms with Crippen molar-refractivity contribution in [3.8, 4) is 0 Å². The molecule has 0 amide bonds. The largest absolute Gasteiger partial charge is 0.245 e. The summed E-state index contributed by atoms with van der Waals surface area (Å²) in [5.41, 5.74) is 0. The minimum absolute atomic E-state index is 0.364. The first-order chi connectivity index (χ1) is 5.79. The maximum Gasteiger partial charge on any atom is 0.124 e. The maximum absolute atomic E-state index is 12.3. The van der Waals surface area contributed by atoms with Gasteiger partial charge in [-0.1, -0.05) is 22.0 Å². The molecular formula is C9H6BrFS. The Morgan fingerprint density at radius 2 is 2.17 bits per heavy atom. The molecule has 0 atom stereocenters. The third-order valence-corrected chi connectivity index (χ3v) is 3.22. The van der Waals surface area contributed by atoms with Gasteiger partial charge in [0.2, 0.25) is 0 Å². The summed E-state index contributed by atoms with van der Waals surface area (Å²) >= 11 is 4.88. The molecule has 0 unspecified atom stereocenters. The second-order valence-electron chi connectivity index (χ2n) is 2.53. The Morgan fingerprint density at radius 1 is 1.33 bits per heavy atom. The monoisotopic (exact) mass is 244 g/mol. The molecule has 0 N–H and O–H groups in total. The number of rotatable bonds is 1. The lowest BCUT2D eigenvalue weighted by Crippen LogP contribution is -1.63. The Bertz CT molecular complexity index is 408. The van der Waals surface area contributed by atoms with Crippen LogP contribution in [0.25, 0.3) is 10.1 Å². The molecule has 0 aliphatic carbocycles. The van der Waals surface area contributed by atoms with Crippen LogP contribution >= 0.6 is 27.3 Å². The van der Waals surface area contributed by atoms with Crippen LogP contribution in [0.4, 0.5) is 4.39 Å². The molecule has 1 aromatic heterocycles. The first-order valence-electron chi connectivity index (χ1n) is 3.53. The topological polar surface area (TPSA) is 0 Å². The highest BCUT2D eigenvalue weighted by Gasteiger charge is 2.00. The van der Waals surface area contributed by atoms with E-state index in [0.29, 0.717) is 0 Å². The predicted octanol–water partition coefficient (Wildman–Crippen LogP) is 4.13. The van der Waals surface area contributed by atoms with Gasteiger partial charge in [-0.3, -0.25) is 0 Å². The van der Waals surface area contributed by atoms with Gasteiger partial charge in [0.15, 0.2) is 0 Å². The van der Waals surface area contributed by atoms with Gasteiger partial charge in [0, 0.05) is 14.0 Å². The lowest BCUT2D eigenvalue weighted by Gasteiger charge is -1.88. The van der Waals surface area contributed by atoms with E-state index in [4.69, 9.17) is 0 Å². The van der Waals surface area contributed by atoms with Crippen LogP contribution in [0.3, 0.4) is 0 Å². The van der Waals surface area contributed by atoms with Crippen LogP contribution in [0.1, 0.15) is 4.88 Å². The highest BCUT2D eigenvalue weighted by Crippen LogP contribution is 2.28. The first kappa shape index (κ1) is 8.20. The smallest absolute Gasteiger partial charge is 0.124 e. The Morgan fingerprint density at radius 3 is 2.92 bits per heavy atom. The maximum atomic E-state index is 12.3. The number of halogens is 2. The van der Waals surface area contributed by atoms with Crippen molar-refractivity contribution >= 4 is 37.4 Å². The van der Waals surface area contributed by atoms with Gasteiger partial charge < -0.3 is 0 Å². The summed E-state index contributed by atoms with van der Waals surface area (Å²) in [5.74, 6) is 0. The molecule has 0 nitrogen and oxygen atoms in total. The van der Waals surface area contributed by atoms with Crippen molar-refractivity contribution in [2.24, 2.45) is 0 Å². The lowest BCUT2D eigenvalue weighted by atomic mass is 10.2. The second-order valence-corrected chi connectivity index (χ2v) is 4.61. The summed E-state index contributed by atoms with van der Waals surface area (Å²) in [4.78, 5) is 0.795. The quantitative estimate of drug-likeness (QED) is 0.708. The number of thiophene rings is 1. The molecule has 0 fully saturated rings. The van der Waals surface area contributed by atoms with Crippen molar-refractivity contribution in [1.29, 1.82) is 0 Å². The Labute approximate surface area is 82.2 Å². The van der Waals surface area contributed by atoms with E-state index in [1.807, 2.05) is 24.3 Å². The number of hydrogen-bond donors (Lipinski definition) is 0. The van der Waals surface area contributed by atoms with E-state index < -0.39 is 0 Å². The van der Waals surface area contributed by atoms with Gasteiger partial charge in [0.05, 0.1) is 0 Å². The van der Waals surface area contributed by atoms with Gasteiger partial charge in [0.25, 0.3) is 0 Å². The van der Waals surface area contributed by atoms with Gasteiger partial charge in [-0.25, -0.2) is 4.39 Å². The fraction of sp³-hybridized carbons (Fsp3) is 0.111. The van der Waals surface area contributed by atoms with Crippen LogP contribution in [-0.2, 0) is 6.67 Å². The normalized spacial score (nSPS) is 10.8. The predicted molar refractivity (Wildman–Crippen MR) is 54.3 cm³/mol. The van der Waals surface area contributed by atoms with Crippen LogP contribution in [0.15, 0.2) is 28.7 Å². The molecular weight excluding hydrogens is 239 g/mol. The summed E-state index contributed by atoms with van der Waals surface area (Å²) in [7, 11) is 0. The number of hydrogen-bond acceptors (Lipinski definition) is 1. The molecule has 0 saturated carbocycles. The molecule has 1 aromatic carbocycles. The van der Waals surface area contributed by atoms with Crippen molar-refractivity contribution in [2.45, 2.75) is 6.67 Å². The average molecular weight is 245 g/mol. The Hall–Kier alpha value is -0.410. The highest BCUT2D eigenvalue weighted by atomic mass is 79.9. The first-order valence-corrected chi connectivity index (χ1v) is 5.14. The average Bonchev–Trinajstić information content (AvgIpc) is 2.46. The molecule has 0 aliphatic rings. The summed E-state index contributed by atoms with van der Waals surface area (Å²) < 4.78 is 14.4. The summed E-state index contributed by atoms with van der Waals surface area (Å²) in [6.07, 6.45) is 0. The molecule has 0 spiro atoms. The summed E-state index contributed by atoms with van der Waals surface area (Å²) in [6.45, 7) is -0.364. The minimum atomic E-state index is -0.364. The zero-order valence-electron chi connectivity index (χ0n) is 6.18. The molecule has 0 bridgehead atoms. The van der Waals surface area contributed by atoms with Crippen LogP contribution in [0.5, 0.6) is 0 Å². The zero-order chi connectivity index (χ0) is 8.55. The van der Waals surface area contributed by atoms with Crippen LogP contribution < -0.4 is 0 Å². The molecule has 0 saturated heterocycles. The number of benzene rings is 1. The van der Waals surface area contributed by atoms with Crippen molar-refractivity contribution in [3.63, 3.8) is 0 Å². The van der Waals surface area contributed by atoms with E-state index >= 15 is 0 Å². The minimum Gasteiger partial charge on any atom is -0.245 e. The summed E-state index contributed by atoms with van der Waals surface area (Å²) in [6, 6.07) is 7.87. The van der Waals surface area contributed by atoms with Crippen LogP contribution in [0.2, 0.25) is 0 Å². The van der Waals surface area contributed by atoms with Gasteiger partial charge in [0.1, 0.15) is 6.67 Å². The van der Waals surface area contributed by atoms with Crippen molar-refractivity contribution in [1.82, 2.24) is 0 Å². The van der Waals surface area contributed by atoms with E-state index in [-0.39, 0.29) is 6.67 Å². The zero-order valence-corrected chi connectivity index (χ0v) is 8.58. The van der Waals surface area contributed by atoms with Crippen LogP contribution in [0, 0.1) is 0 Å². The summed E-state index contributed by atoms with van der Waals surface area (Å²) in [5, 5.41) is 1.12. The number of fused-ring (bicyclic) bond motifs is 1. The molecule has 12 heavy (non-hydrogen) atoms. The standard InChI is InChI=1S/C9H6BrFS/c10-7-2-1-6-3-8(5-11)12-9(6)4-7/h1-4H,5H2. The molecule has 0 aliphatic heterocycles. The van der Waals surface area contributed by atoms with E-state index in [1.165, 1.54) is 11.3 Å². The Kier molecular flexibility index (Phi) is 2.15. The third-order valence-electron chi connectivity index (χ3n) is 1.66. The van der Waals surface area contributed by atoms with Gasteiger partial charge in [-0.2, -0.15) is 0 Å². The third kappa shape index (κ3) is 1.39. The van der Waals surface area contributed by atoms with Crippen molar-refractivity contribution in [2.75, 3.05) is 0 Å². The van der Waals surface area contributed by atoms with E-state index in [0.717, 1.165) is 19.4 Å². The fourth-order valence-electron chi connectivity index (χ4n) is 1.13. The molecule has 3 heteroatoms. The van der Waals surface area contributed by atoms with Gasteiger partial charge >= 0.3 is 0 Å². The van der Waals surface area contributed by atoms with Gasteiger partial charge in [-0.15, -0.1) is 11.3 Å². The molecule has 2 aromatic rings. The fourth-order valence-corrected chi connectivity index (χ4v) is 2.59. The lowest BCUT2D eigenvalue weighted by molar-refractivity contribution is 0.491. The van der Waals surface area contributed by atoms with Gasteiger partial charge in [-0.05, 0) is 23.6 Å². The second kappa shape index (κ2) is 3.15. The number of alkyl halides is 1. The van der Waals surface area contributed by atoms with E-state index in [1.54, 1.807) is 0 Å². The molecule has 62 valence electrons. The van der Waals surface area contributed by atoms with E-state index in [9.17, 15) is 4.39 Å². The van der Waals surface area contributed by atoms with Crippen molar-refractivity contribution in [3.05, 3.63) is 33.6 Å². The van der Waals surface area contributed by atoms with Crippen LogP contribution in [-0.4, -0.2) is 0 Å². The Balaban J connectivity index is 2.67. The van der Waals surface area contributed by atoms with Crippen molar-refractivity contribution < 1.29 is 4.39 Å². The highest BCUT2D eigenvalue weighted by molar-refractivity contribution is 9.10. The SMILES string of the molecule is FCc1cc2ccc(Br)cc2s1. The molecule has 1 heterocycles. The van der Waals surface area contributed by atoms with E-state index in [2.05, 4.69) is 15.9 Å². The molecule has 0 radical (unpaired) electrons.